The average molecular weight is 215 g/mol. The van der Waals surface area contributed by atoms with Crippen molar-refractivity contribution < 1.29 is 19.5 Å². The van der Waals surface area contributed by atoms with Crippen LogP contribution in [0.4, 0.5) is 4.79 Å². The lowest BCUT2D eigenvalue weighted by molar-refractivity contribution is -0.154. The van der Waals surface area contributed by atoms with Gasteiger partial charge in [-0.05, 0) is 0 Å². The van der Waals surface area contributed by atoms with Gasteiger partial charge >= 0.3 is 17.9 Å². The molecular formula is C8H13N3O4. The summed E-state index contributed by atoms with van der Waals surface area (Å²) >= 11 is 0. The van der Waals surface area contributed by atoms with Crippen molar-refractivity contribution >= 4 is 17.9 Å². The van der Waals surface area contributed by atoms with Gasteiger partial charge in [-0.2, -0.15) is 0 Å². The van der Waals surface area contributed by atoms with Crippen LogP contribution in [0.2, 0.25) is 0 Å². The molecule has 7 nitrogen and oxygen atoms in total. The summed E-state index contributed by atoms with van der Waals surface area (Å²) in [6.07, 6.45) is -1.14. The fourth-order valence-corrected chi connectivity index (χ4v) is 1.28. The van der Waals surface area contributed by atoms with E-state index in [4.69, 9.17) is 5.11 Å². The monoisotopic (exact) mass is 215 g/mol. The summed E-state index contributed by atoms with van der Waals surface area (Å²) in [5.74, 6) is -1.12. The van der Waals surface area contributed by atoms with Crippen LogP contribution in [0.15, 0.2) is 0 Å². The Morgan fingerprint density at radius 1 is 1.40 bits per heavy atom. The van der Waals surface area contributed by atoms with Crippen LogP contribution in [0.5, 0.6) is 0 Å². The molecule has 0 aromatic rings. The Bertz CT molecular complexity index is 292. The highest BCUT2D eigenvalue weighted by atomic mass is 16.4. The van der Waals surface area contributed by atoms with Gasteiger partial charge in [-0.3, -0.25) is 9.59 Å². The molecule has 0 saturated carbocycles. The second kappa shape index (κ2) is 4.63. The number of carbonyl (C=O) groups is 3. The Kier molecular flexibility index (Phi) is 3.48. The SMILES string of the molecule is CN1CCN(CCNC(=O)O)C(=O)C1=O. The third-order valence-corrected chi connectivity index (χ3v) is 2.18. The van der Waals surface area contributed by atoms with Crippen LogP contribution in [-0.2, 0) is 9.59 Å². The van der Waals surface area contributed by atoms with E-state index in [2.05, 4.69) is 5.32 Å². The van der Waals surface area contributed by atoms with Gasteiger partial charge in [-0.15, -0.1) is 0 Å². The zero-order valence-electron chi connectivity index (χ0n) is 8.39. The molecule has 1 fully saturated rings. The number of hydrogen-bond donors (Lipinski definition) is 2. The Hall–Kier alpha value is -1.79. The quantitative estimate of drug-likeness (QED) is 0.564. The molecule has 7 heteroatoms. The van der Waals surface area contributed by atoms with E-state index >= 15 is 0 Å². The zero-order chi connectivity index (χ0) is 11.4. The van der Waals surface area contributed by atoms with E-state index in [1.807, 2.05) is 0 Å². The second-order valence-corrected chi connectivity index (χ2v) is 3.25. The number of amides is 3. The molecule has 1 heterocycles. The number of nitrogens with zero attached hydrogens (tertiary/aromatic N) is 2. The highest BCUT2D eigenvalue weighted by Crippen LogP contribution is 2.01. The first kappa shape index (κ1) is 11.3. The van der Waals surface area contributed by atoms with Crippen LogP contribution in [0.25, 0.3) is 0 Å². The molecule has 0 unspecified atom stereocenters. The molecule has 15 heavy (non-hydrogen) atoms. The molecule has 1 aliphatic heterocycles. The van der Waals surface area contributed by atoms with Crippen molar-refractivity contribution in [3.8, 4) is 0 Å². The van der Waals surface area contributed by atoms with Gasteiger partial charge < -0.3 is 20.2 Å². The molecular weight excluding hydrogens is 202 g/mol. The number of rotatable bonds is 3. The maximum absolute atomic E-state index is 11.4. The van der Waals surface area contributed by atoms with Crippen molar-refractivity contribution in [2.24, 2.45) is 0 Å². The van der Waals surface area contributed by atoms with Crippen molar-refractivity contribution in [2.75, 3.05) is 33.2 Å². The van der Waals surface area contributed by atoms with Gasteiger partial charge in [-0.1, -0.05) is 0 Å². The predicted molar refractivity (Wildman–Crippen MR) is 50.2 cm³/mol. The molecule has 1 saturated heterocycles. The summed E-state index contributed by atoms with van der Waals surface area (Å²) in [5.41, 5.74) is 0. The molecule has 0 aromatic carbocycles. The minimum atomic E-state index is -1.14. The first-order valence-corrected chi connectivity index (χ1v) is 4.53. The van der Waals surface area contributed by atoms with E-state index < -0.39 is 17.9 Å². The number of nitrogens with one attached hydrogen (secondary N) is 1. The Balaban J connectivity index is 2.40. The van der Waals surface area contributed by atoms with Crippen molar-refractivity contribution in [2.45, 2.75) is 0 Å². The predicted octanol–water partition coefficient (Wildman–Crippen LogP) is -1.45. The molecule has 0 aliphatic carbocycles. The molecule has 0 spiro atoms. The lowest BCUT2D eigenvalue weighted by Crippen LogP contribution is -2.54. The van der Waals surface area contributed by atoms with Crippen LogP contribution in [0.3, 0.4) is 0 Å². The summed E-state index contributed by atoms with van der Waals surface area (Å²) < 4.78 is 0. The molecule has 2 N–H and O–H groups in total. The second-order valence-electron chi connectivity index (χ2n) is 3.25. The van der Waals surface area contributed by atoms with Gasteiger partial charge in [-0.25, -0.2) is 4.79 Å². The molecule has 0 radical (unpaired) electrons. The van der Waals surface area contributed by atoms with Gasteiger partial charge in [0.15, 0.2) is 0 Å². The van der Waals surface area contributed by atoms with Crippen LogP contribution in [0.1, 0.15) is 0 Å². The number of piperazine rings is 1. The largest absolute Gasteiger partial charge is 0.465 e. The minimum absolute atomic E-state index is 0.137. The Morgan fingerprint density at radius 2 is 2.07 bits per heavy atom. The van der Waals surface area contributed by atoms with E-state index in [0.29, 0.717) is 13.1 Å². The topological polar surface area (TPSA) is 89.9 Å². The van der Waals surface area contributed by atoms with Crippen molar-refractivity contribution in [3.05, 3.63) is 0 Å². The molecule has 1 rings (SSSR count). The van der Waals surface area contributed by atoms with Gasteiger partial charge in [0.25, 0.3) is 0 Å². The maximum Gasteiger partial charge on any atom is 0.404 e. The van der Waals surface area contributed by atoms with Crippen LogP contribution in [0, 0.1) is 0 Å². The smallest absolute Gasteiger partial charge is 0.404 e. The van der Waals surface area contributed by atoms with Crippen molar-refractivity contribution in [1.29, 1.82) is 0 Å². The third kappa shape index (κ3) is 2.83. The highest BCUT2D eigenvalue weighted by Gasteiger charge is 2.29. The van der Waals surface area contributed by atoms with Crippen LogP contribution in [-0.4, -0.2) is 66.0 Å². The lowest BCUT2D eigenvalue weighted by atomic mass is 10.3. The van der Waals surface area contributed by atoms with E-state index in [0.717, 1.165) is 0 Å². The number of hydrogen-bond acceptors (Lipinski definition) is 3. The van der Waals surface area contributed by atoms with Crippen LogP contribution < -0.4 is 5.32 Å². The van der Waals surface area contributed by atoms with E-state index in [1.165, 1.54) is 9.80 Å². The standard InChI is InChI=1S/C8H13N3O4/c1-10-4-5-11(7(13)6(10)12)3-2-9-8(14)15/h9H,2-5H2,1H3,(H,14,15). The Morgan fingerprint density at radius 3 is 2.67 bits per heavy atom. The lowest BCUT2D eigenvalue weighted by Gasteiger charge is -2.31. The molecule has 84 valence electrons. The summed E-state index contributed by atoms with van der Waals surface area (Å²) in [7, 11) is 1.56. The fraction of sp³-hybridized carbons (Fsp3) is 0.625. The Labute approximate surface area is 86.6 Å². The minimum Gasteiger partial charge on any atom is -0.465 e. The van der Waals surface area contributed by atoms with E-state index in [1.54, 1.807) is 7.05 Å². The average Bonchev–Trinajstić information content (AvgIpc) is 2.18. The van der Waals surface area contributed by atoms with Crippen molar-refractivity contribution in [3.63, 3.8) is 0 Å². The number of carbonyl (C=O) groups excluding carboxylic acids is 2. The van der Waals surface area contributed by atoms with Gasteiger partial charge in [0, 0.05) is 33.2 Å². The number of likely N-dealkylation sites (N-methyl/N-ethyl adjacent to an activating group) is 1. The molecule has 0 atom stereocenters. The fourth-order valence-electron chi connectivity index (χ4n) is 1.28. The molecule has 3 amide bonds. The van der Waals surface area contributed by atoms with Gasteiger partial charge in [0.05, 0.1) is 0 Å². The van der Waals surface area contributed by atoms with E-state index in [-0.39, 0.29) is 13.1 Å². The summed E-state index contributed by atoms with van der Waals surface area (Å²) in [4.78, 5) is 35.4. The summed E-state index contributed by atoms with van der Waals surface area (Å²) in [6, 6.07) is 0. The highest BCUT2D eigenvalue weighted by molar-refractivity contribution is 6.35. The van der Waals surface area contributed by atoms with Gasteiger partial charge in [0.2, 0.25) is 0 Å². The van der Waals surface area contributed by atoms with Crippen molar-refractivity contribution in [1.82, 2.24) is 15.1 Å². The van der Waals surface area contributed by atoms with Crippen LogP contribution >= 0.6 is 0 Å². The summed E-state index contributed by atoms with van der Waals surface area (Å²) in [6.45, 7) is 1.29. The first-order valence-electron chi connectivity index (χ1n) is 4.53. The number of carboxylic acid groups (broad SMARTS) is 1. The van der Waals surface area contributed by atoms with E-state index in [9.17, 15) is 14.4 Å². The first-order chi connectivity index (χ1) is 7.02. The molecule has 0 aromatic heterocycles. The molecule has 0 bridgehead atoms. The molecule has 1 aliphatic rings. The maximum atomic E-state index is 11.4. The zero-order valence-corrected chi connectivity index (χ0v) is 8.39. The summed E-state index contributed by atoms with van der Waals surface area (Å²) in [5, 5.41) is 10.5. The van der Waals surface area contributed by atoms with Gasteiger partial charge in [0.1, 0.15) is 0 Å². The normalized spacial score (nSPS) is 16.9. The third-order valence-electron chi connectivity index (χ3n) is 2.18.